The molecule has 0 bridgehead atoms. The van der Waals surface area contributed by atoms with Gasteiger partial charge in [0.1, 0.15) is 0 Å². The molecule has 0 saturated carbocycles. The summed E-state index contributed by atoms with van der Waals surface area (Å²) in [7, 11) is 2.05. The fraction of sp³-hybridized carbons (Fsp3) is 0.375. The smallest absolute Gasteiger partial charge is 0.266 e. The van der Waals surface area contributed by atoms with Crippen molar-refractivity contribution in [1.82, 2.24) is 15.3 Å². The molecule has 0 saturated heterocycles. The molecule has 21 heavy (non-hydrogen) atoms. The Morgan fingerprint density at radius 1 is 1.38 bits per heavy atom. The van der Waals surface area contributed by atoms with Crippen molar-refractivity contribution >= 4 is 16.8 Å². The van der Waals surface area contributed by atoms with E-state index in [2.05, 4.69) is 23.4 Å². The molecule has 1 aromatic carbocycles. The van der Waals surface area contributed by atoms with Crippen molar-refractivity contribution in [3.63, 3.8) is 0 Å². The van der Waals surface area contributed by atoms with Gasteiger partial charge in [-0.3, -0.25) is 15.2 Å². The van der Waals surface area contributed by atoms with E-state index in [4.69, 9.17) is 10.8 Å². The maximum absolute atomic E-state index is 12.3. The number of carbonyl (C=O) groups is 1. The van der Waals surface area contributed by atoms with E-state index in [0.29, 0.717) is 5.56 Å². The largest absolute Gasteiger partial charge is 0.302 e. The number of hydrogen-bond acceptors (Lipinski definition) is 4. The number of benzene rings is 1. The number of nitrogens with one attached hydrogen (secondary N) is 1. The van der Waals surface area contributed by atoms with Crippen LogP contribution in [-0.4, -0.2) is 29.4 Å². The lowest BCUT2D eigenvalue weighted by atomic mass is 9.93. The minimum Gasteiger partial charge on any atom is -0.302 e. The molecule has 5 heteroatoms. The normalized spacial score (nSPS) is 15.0. The SMILES string of the molecule is Cc1cc(C)c2nc3c(c(C(=O)NN)c2c1)CN(C)CC3. The van der Waals surface area contributed by atoms with Gasteiger partial charge >= 0.3 is 0 Å². The van der Waals surface area contributed by atoms with Crippen molar-refractivity contribution < 1.29 is 4.79 Å². The number of nitrogen functional groups attached to an aromatic ring is 1. The second-order valence-electron chi connectivity index (χ2n) is 5.85. The Morgan fingerprint density at radius 3 is 2.86 bits per heavy atom. The number of nitrogens with two attached hydrogens (primary N) is 1. The van der Waals surface area contributed by atoms with Crippen molar-refractivity contribution in [1.29, 1.82) is 0 Å². The number of nitrogens with zero attached hydrogens (tertiary/aromatic N) is 2. The van der Waals surface area contributed by atoms with Gasteiger partial charge in [-0.05, 0) is 32.5 Å². The first kappa shape index (κ1) is 14.0. The van der Waals surface area contributed by atoms with Gasteiger partial charge in [0, 0.05) is 36.2 Å². The van der Waals surface area contributed by atoms with Crippen LogP contribution in [0.25, 0.3) is 10.9 Å². The van der Waals surface area contributed by atoms with Crippen molar-refractivity contribution in [3.05, 3.63) is 40.1 Å². The molecule has 5 nitrogen and oxygen atoms in total. The summed E-state index contributed by atoms with van der Waals surface area (Å²) >= 11 is 0. The van der Waals surface area contributed by atoms with Gasteiger partial charge in [0.25, 0.3) is 5.91 Å². The molecule has 1 aromatic heterocycles. The van der Waals surface area contributed by atoms with Crippen molar-refractivity contribution in [3.8, 4) is 0 Å². The number of fused-ring (bicyclic) bond motifs is 2. The summed E-state index contributed by atoms with van der Waals surface area (Å²) in [5.74, 6) is 5.17. The predicted molar refractivity (Wildman–Crippen MR) is 82.9 cm³/mol. The molecule has 0 aliphatic carbocycles. The molecule has 1 amide bonds. The van der Waals surface area contributed by atoms with Gasteiger partial charge in [0.2, 0.25) is 0 Å². The predicted octanol–water partition coefficient (Wildman–Crippen LogP) is 1.44. The highest BCUT2D eigenvalue weighted by Gasteiger charge is 2.24. The third kappa shape index (κ3) is 2.28. The molecule has 0 unspecified atom stereocenters. The van der Waals surface area contributed by atoms with Crippen LogP contribution in [0.1, 0.15) is 32.7 Å². The van der Waals surface area contributed by atoms with Crippen LogP contribution < -0.4 is 11.3 Å². The maximum Gasteiger partial charge on any atom is 0.266 e. The van der Waals surface area contributed by atoms with Gasteiger partial charge in [-0.25, -0.2) is 5.84 Å². The average molecular weight is 284 g/mol. The first-order chi connectivity index (χ1) is 10.0. The van der Waals surface area contributed by atoms with Crippen LogP contribution in [0, 0.1) is 13.8 Å². The third-order valence-corrected chi connectivity index (χ3v) is 4.13. The second-order valence-corrected chi connectivity index (χ2v) is 5.85. The van der Waals surface area contributed by atoms with Gasteiger partial charge < -0.3 is 4.90 Å². The molecular formula is C16H20N4O. The summed E-state index contributed by atoms with van der Waals surface area (Å²) in [5.41, 5.74) is 8.11. The lowest BCUT2D eigenvalue weighted by Gasteiger charge is -2.27. The van der Waals surface area contributed by atoms with Crippen LogP contribution in [0.3, 0.4) is 0 Å². The highest BCUT2D eigenvalue weighted by Crippen LogP contribution is 2.30. The van der Waals surface area contributed by atoms with E-state index in [-0.39, 0.29) is 5.91 Å². The van der Waals surface area contributed by atoms with E-state index < -0.39 is 0 Å². The number of rotatable bonds is 1. The molecule has 3 rings (SSSR count). The summed E-state index contributed by atoms with van der Waals surface area (Å²) in [6.07, 6.45) is 0.861. The first-order valence-corrected chi connectivity index (χ1v) is 7.13. The fourth-order valence-corrected chi connectivity index (χ4v) is 3.16. The number of aromatic nitrogens is 1. The Hall–Kier alpha value is -1.98. The van der Waals surface area contributed by atoms with Gasteiger partial charge in [-0.15, -0.1) is 0 Å². The number of carbonyl (C=O) groups excluding carboxylic acids is 1. The van der Waals surface area contributed by atoms with E-state index in [9.17, 15) is 4.79 Å². The fourth-order valence-electron chi connectivity index (χ4n) is 3.16. The van der Waals surface area contributed by atoms with E-state index in [1.54, 1.807) is 0 Å². The average Bonchev–Trinajstić information content (AvgIpc) is 2.44. The Bertz CT molecular complexity index is 739. The van der Waals surface area contributed by atoms with Crippen molar-refractivity contribution in [2.24, 2.45) is 5.84 Å². The lowest BCUT2D eigenvalue weighted by Crippen LogP contribution is -2.34. The summed E-state index contributed by atoms with van der Waals surface area (Å²) in [6.45, 7) is 5.75. The van der Waals surface area contributed by atoms with E-state index >= 15 is 0 Å². The number of hydrazine groups is 1. The molecule has 2 heterocycles. The summed E-state index contributed by atoms with van der Waals surface area (Å²) in [4.78, 5) is 19.4. The maximum atomic E-state index is 12.3. The quantitative estimate of drug-likeness (QED) is 0.472. The Balaban J connectivity index is 2.40. The zero-order chi connectivity index (χ0) is 15.1. The van der Waals surface area contributed by atoms with Crippen LogP contribution >= 0.6 is 0 Å². The molecule has 0 atom stereocenters. The summed E-state index contributed by atoms with van der Waals surface area (Å²) < 4.78 is 0. The molecule has 3 N–H and O–H groups in total. The zero-order valence-corrected chi connectivity index (χ0v) is 12.7. The van der Waals surface area contributed by atoms with Crippen LogP contribution in [0.15, 0.2) is 12.1 Å². The summed E-state index contributed by atoms with van der Waals surface area (Å²) in [6, 6.07) is 4.12. The van der Waals surface area contributed by atoms with Crippen LogP contribution in [0.4, 0.5) is 0 Å². The summed E-state index contributed by atoms with van der Waals surface area (Å²) in [5, 5.41) is 0.893. The molecule has 1 aliphatic rings. The van der Waals surface area contributed by atoms with Crippen molar-refractivity contribution in [2.45, 2.75) is 26.8 Å². The van der Waals surface area contributed by atoms with Crippen LogP contribution in [0.5, 0.6) is 0 Å². The Kier molecular flexibility index (Phi) is 3.39. The Labute approximate surface area is 124 Å². The first-order valence-electron chi connectivity index (χ1n) is 7.13. The van der Waals surface area contributed by atoms with Crippen LogP contribution in [-0.2, 0) is 13.0 Å². The highest BCUT2D eigenvalue weighted by molar-refractivity contribution is 6.08. The Morgan fingerprint density at radius 2 is 2.14 bits per heavy atom. The monoisotopic (exact) mass is 284 g/mol. The molecule has 1 aliphatic heterocycles. The van der Waals surface area contributed by atoms with Gasteiger partial charge in [-0.1, -0.05) is 11.6 Å². The number of amides is 1. The topological polar surface area (TPSA) is 71.2 Å². The van der Waals surface area contributed by atoms with Crippen molar-refractivity contribution in [2.75, 3.05) is 13.6 Å². The van der Waals surface area contributed by atoms with Gasteiger partial charge in [-0.2, -0.15) is 0 Å². The standard InChI is InChI=1S/C16H20N4O/c1-9-6-10(2)15-11(7-9)14(16(21)19-17)12-8-20(3)5-4-13(12)18-15/h6-7H,4-5,8,17H2,1-3H3,(H,19,21). The van der Waals surface area contributed by atoms with E-state index in [1.165, 1.54) is 0 Å². The van der Waals surface area contributed by atoms with E-state index in [1.807, 2.05) is 19.9 Å². The molecule has 0 radical (unpaired) electrons. The molecular weight excluding hydrogens is 264 g/mol. The third-order valence-electron chi connectivity index (χ3n) is 4.13. The van der Waals surface area contributed by atoms with Gasteiger partial charge in [0.15, 0.2) is 0 Å². The van der Waals surface area contributed by atoms with E-state index in [0.717, 1.165) is 52.8 Å². The molecule has 0 fully saturated rings. The minimum atomic E-state index is -0.237. The molecule has 110 valence electrons. The number of pyridine rings is 1. The molecule has 2 aromatic rings. The zero-order valence-electron chi connectivity index (χ0n) is 12.7. The van der Waals surface area contributed by atoms with Crippen LogP contribution in [0.2, 0.25) is 0 Å². The van der Waals surface area contributed by atoms with Gasteiger partial charge in [0.05, 0.1) is 11.1 Å². The minimum absolute atomic E-state index is 0.237. The second kappa shape index (κ2) is 5.09. The lowest BCUT2D eigenvalue weighted by molar-refractivity contribution is 0.0953. The number of likely N-dealkylation sites (N-methyl/N-ethyl adjacent to an activating group) is 1. The highest BCUT2D eigenvalue weighted by atomic mass is 16.2. The number of aryl methyl sites for hydroxylation is 2. The molecule has 0 spiro atoms. The number of hydrogen-bond donors (Lipinski definition) is 2.